The van der Waals surface area contributed by atoms with Gasteiger partial charge in [-0.15, -0.1) is 22.7 Å². The number of rotatable bonds is 8. The van der Waals surface area contributed by atoms with Gasteiger partial charge in [0.25, 0.3) is 0 Å². The number of hydrogen-bond acceptors (Lipinski definition) is 8. The van der Waals surface area contributed by atoms with Crippen molar-refractivity contribution in [1.29, 1.82) is 0 Å². The average Bonchev–Trinajstić information content (AvgIpc) is 3.45. The summed E-state index contributed by atoms with van der Waals surface area (Å²) in [6.45, 7) is 0.338. The third kappa shape index (κ3) is 5.27. The van der Waals surface area contributed by atoms with E-state index in [9.17, 15) is 9.90 Å². The first kappa shape index (κ1) is 20.1. The number of fused-ring (bicyclic) bond motifs is 1. The van der Waals surface area contributed by atoms with Crippen LogP contribution in [0.2, 0.25) is 0 Å². The van der Waals surface area contributed by atoms with Crippen LogP contribution in [0, 0.1) is 0 Å². The summed E-state index contributed by atoms with van der Waals surface area (Å²) in [4.78, 5) is 17.7. The number of amides is 1. The van der Waals surface area contributed by atoms with Gasteiger partial charge in [0, 0.05) is 27.8 Å². The zero-order valence-electron chi connectivity index (χ0n) is 15.1. The van der Waals surface area contributed by atoms with E-state index in [1.807, 2.05) is 16.8 Å². The van der Waals surface area contributed by atoms with Crippen LogP contribution in [0.4, 0.5) is 0 Å². The fourth-order valence-electron chi connectivity index (χ4n) is 2.60. The molecule has 1 aliphatic heterocycles. The topological polar surface area (TPSA) is 89.9 Å². The molecule has 1 aromatic carbocycles. The number of hydrogen-bond donors (Lipinski definition) is 2. The number of nitrogens with zero attached hydrogens (tertiary/aromatic N) is 1. The molecule has 7 nitrogen and oxygen atoms in total. The van der Waals surface area contributed by atoms with E-state index in [1.54, 1.807) is 29.5 Å². The van der Waals surface area contributed by atoms with Gasteiger partial charge in [-0.3, -0.25) is 4.79 Å². The number of aliphatic hydroxyl groups is 1. The Bertz CT molecular complexity index is 1010. The second-order valence-corrected chi connectivity index (χ2v) is 8.92. The number of aliphatic hydroxyl groups excluding tert-OH is 1. The summed E-state index contributed by atoms with van der Waals surface area (Å²) in [5.41, 5.74) is 0.707. The van der Waals surface area contributed by atoms with E-state index in [-0.39, 0.29) is 32.3 Å². The highest BCUT2D eigenvalue weighted by Gasteiger charge is 2.15. The van der Waals surface area contributed by atoms with Crippen molar-refractivity contribution in [2.75, 3.05) is 19.9 Å². The predicted molar refractivity (Wildman–Crippen MR) is 114 cm³/mol. The zero-order chi connectivity index (χ0) is 20.2. The van der Waals surface area contributed by atoms with E-state index < -0.39 is 6.10 Å². The Hall–Kier alpha value is -2.14. The number of carbonyl (C=O) groups is 1. The molecule has 0 bridgehead atoms. The van der Waals surface area contributed by atoms with Gasteiger partial charge in [0.1, 0.15) is 23.5 Å². The maximum atomic E-state index is 12.1. The Kier molecular flexibility index (Phi) is 6.34. The van der Waals surface area contributed by atoms with E-state index >= 15 is 0 Å². The molecule has 1 atom stereocenters. The van der Waals surface area contributed by atoms with E-state index in [0.29, 0.717) is 22.9 Å². The third-order valence-electron chi connectivity index (χ3n) is 3.99. The van der Waals surface area contributed by atoms with Gasteiger partial charge in [0.05, 0.1) is 17.0 Å². The van der Waals surface area contributed by atoms with Gasteiger partial charge < -0.3 is 24.6 Å². The molecule has 0 saturated heterocycles. The number of aromatic nitrogens is 1. The lowest BCUT2D eigenvalue weighted by atomic mass is 10.3. The van der Waals surface area contributed by atoms with Gasteiger partial charge in [-0.2, -0.15) is 0 Å². The number of halogens is 1. The van der Waals surface area contributed by atoms with Crippen LogP contribution in [0.25, 0.3) is 9.88 Å². The standard InChI is InChI=1S/C19H17BrN2O5S2/c20-11-3-17(28-8-11)19-22-12(9-29-19)4-18(24)21-6-13(23)7-25-14-1-2-15-16(5-14)27-10-26-15/h1-3,5,8-9,13,23H,4,6-7,10H2,(H,21,24). The summed E-state index contributed by atoms with van der Waals surface area (Å²) in [6.07, 6.45) is -0.669. The lowest BCUT2D eigenvalue weighted by Crippen LogP contribution is -2.36. The predicted octanol–water partition coefficient (Wildman–Crippen LogP) is 3.46. The van der Waals surface area contributed by atoms with Crippen LogP contribution >= 0.6 is 38.6 Å². The SMILES string of the molecule is O=C(Cc1csc(-c2cc(Br)cs2)n1)NCC(O)COc1ccc2c(c1)OCO2. The maximum Gasteiger partial charge on any atom is 0.231 e. The van der Waals surface area contributed by atoms with Gasteiger partial charge in [-0.05, 0) is 34.1 Å². The first-order valence-electron chi connectivity index (χ1n) is 8.73. The van der Waals surface area contributed by atoms with E-state index in [4.69, 9.17) is 14.2 Å². The minimum Gasteiger partial charge on any atom is -0.491 e. The molecular formula is C19H17BrN2O5S2. The van der Waals surface area contributed by atoms with Crippen molar-refractivity contribution in [1.82, 2.24) is 10.3 Å². The number of ether oxygens (including phenoxy) is 3. The van der Waals surface area contributed by atoms with Crippen molar-refractivity contribution in [3.05, 3.63) is 45.2 Å². The van der Waals surface area contributed by atoms with Gasteiger partial charge in [-0.25, -0.2) is 4.98 Å². The van der Waals surface area contributed by atoms with E-state index in [2.05, 4.69) is 26.2 Å². The summed E-state index contributed by atoms with van der Waals surface area (Å²) < 4.78 is 17.1. The van der Waals surface area contributed by atoms with Crippen molar-refractivity contribution < 1.29 is 24.1 Å². The Morgan fingerprint density at radius 3 is 2.97 bits per heavy atom. The number of thiophene rings is 1. The monoisotopic (exact) mass is 496 g/mol. The van der Waals surface area contributed by atoms with Crippen molar-refractivity contribution >= 4 is 44.5 Å². The largest absolute Gasteiger partial charge is 0.491 e. The van der Waals surface area contributed by atoms with Crippen LogP contribution in [0.1, 0.15) is 5.69 Å². The van der Waals surface area contributed by atoms with E-state index in [1.165, 1.54) is 11.3 Å². The number of nitrogens with one attached hydrogen (secondary N) is 1. The maximum absolute atomic E-state index is 12.1. The second kappa shape index (κ2) is 9.12. The van der Waals surface area contributed by atoms with Crippen molar-refractivity contribution in [3.63, 3.8) is 0 Å². The van der Waals surface area contributed by atoms with E-state index in [0.717, 1.165) is 14.4 Å². The minimum absolute atomic E-state index is 0.0496. The van der Waals surface area contributed by atoms with Crippen LogP contribution in [0.3, 0.4) is 0 Å². The van der Waals surface area contributed by atoms with Crippen LogP contribution in [0.5, 0.6) is 17.2 Å². The lowest BCUT2D eigenvalue weighted by Gasteiger charge is -2.13. The lowest BCUT2D eigenvalue weighted by molar-refractivity contribution is -0.121. The molecule has 0 radical (unpaired) electrons. The normalized spacial score (nSPS) is 13.3. The molecule has 4 rings (SSSR count). The van der Waals surface area contributed by atoms with Crippen LogP contribution in [-0.4, -0.2) is 42.0 Å². The minimum atomic E-state index is -0.834. The number of benzene rings is 1. The molecule has 29 heavy (non-hydrogen) atoms. The molecule has 0 saturated carbocycles. The van der Waals surface area contributed by atoms with Crippen molar-refractivity contribution in [2.24, 2.45) is 0 Å². The summed E-state index contributed by atoms with van der Waals surface area (Å²) >= 11 is 6.53. The molecule has 0 fully saturated rings. The van der Waals surface area contributed by atoms with Gasteiger partial charge in [0.2, 0.25) is 12.7 Å². The smallest absolute Gasteiger partial charge is 0.231 e. The highest BCUT2D eigenvalue weighted by molar-refractivity contribution is 9.10. The molecule has 0 spiro atoms. The number of thiazole rings is 1. The Morgan fingerprint density at radius 2 is 2.14 bits per heavy atom. The summed E-state index contributed by atoms with van der Waals surface area (Å²) in [5.74, 6) is 1.65. The molecule has 2 aromatic heterocycles. The zero-order valence-corrected chi connectivity index (χ0v) is 18.3. The Labute approximate surface area is 183 Å². The van der Waals surface area contributed by atoms with Gasteiger partial charge in [0.15, 0.2) is 11.5 Å². The first-order chi connectivity index (χ1) is 14.1. The Morgan fingerprint density at radius 1 is 1.28 bits per heavy atom. The molecular weight excluding hydrogens is 480 g/mol. The summed E-state index contributed by atoms with van der Waals surface area (Å²) in [7, 11) is 0. The quantitative estimate of drug-likeness (QED) is 0.496. The molecule has 1 amide bonds. The Balaban J connectivity index is 1.21. The fourth-order valence-corrected chi connectivity index (χ4v) is 4.93. The summed E-state index contributed by atoms with van der Waals surface area (Å²) in [6, 6.07) is 7.21. The molecule has 10 heteroatoms. The van der Waals surface area contributed by atoms with Crippen molar-refractivity contribution in [2.45, 2.75) is 12.5 Å². The number of carbonyl (C=O) groups excluding carboxylic acids is 1. The fraction of sp³-hybridized carbons (Fsp3) is 0.263. The summed E-state index contributed by atoms with van der Waals surface area (Å²) in [5, 5.41) is 17.5. The van der Waals surface area contributed by atoms with Crippen LogP contribution < -0.4 is 19.5 Å². The second-order valence-electron chi connectivity index (χ2n) is 6.23. The molecule has 0 aliphatic carbocycles. The van der Waals surface area contributed by atoms with Crippen LogP contribution in [0.15, 0.2) is 39.5 Å². The first-order valence-corrected chi connectivity index (χ1v) is 11.3. The molecule has 2 N–H and O–H groups in total. The highest BCUT2D eigenvalue weighted by Crippen LogP contribution is 2.35. The molecule has 1 aliphatic rings. The van der Waals surface area contributed by atoms with Crippen LogP contribution in [-0.2, 0) is 11.2 Å². The third-order valence-corrected chi connectivity index (χ3v) is 6.74. The highest BCUT2D eigenvalue weighted by atomic mass is 79.9. The molecule has 152 valence electrons. The molecule has 3 heterocycles. The van der Waals surface area contributed by atoms with Gasteiger partial charge >= 0.3 is 0 Å². The molecule has 1 unspecified atom stereocenters. The molecule has 3 aromatic rings. The average molecular weight is 497 g/mol. The van der Waals surface area contributed by atoms with Crippen molar-refractivity contribution in [3.8, 4) is 27.1 Å². The van der Waals surface area contributed by atoms with Gasteiger partial charge in [-0.1, -0.05) is 0 Å².